The van der Waals surface area contributed by atoms with Crippen LogP contribution in [0.4, 0.5) is 5.69 Å². The van der Waals surface area contributed by atoms with Gasteiger partial charge in [-0.05, 0) is 74.1 Å². The largest absolute Gasteiger partial charge is 0.352 e. The molecule has 232 valence electrons. The lowest BCUT2D eigenvalue weighted by Gasteiger charge is -2.33. The number of benzene rings is 3. The topological polar surface area (TPSA) is 86.8 Å². The quantitative estimate of drug-likeness (QED) is 0.211. The Morgan fingerprint density at radius 2 is 1.67 bits per heavy atom. The summed E-state index contributed by atoms with van der Waals surface area (Å²) in [5, 5.41) is 3.91. The van der Waals surface area contributed by atoms with Crippen LogP contribution in [0.1, 0.15) is 55.4 Å². The first kappa shape index (κ1) is 34.4. The zero-order valence-corrected chi connectivity index (χ0v) is 27.8. The monoisotopic (exact) mass is 645 g/mol. The van der Waals surface area contributed by atoms with E-state index in [0.29, 0.717) is 27.7 Å². The Morgan fingerprint density at radius 3 is 2.30 bits per heavy atom. The third-order valence-corrected chi connectivity index (χ3v) is 9.18. The van der Waals surface area contributed by atoms with Crippen LogP contribution in [0.5, 0.6) is 0 Å². The molecule has 0 radical (unpaired) electrons. The van der Waals surface area contributed by atoms with Crippen molar-refractivity contribution >= 4 is 50.7 Å². The molecule has 0 aromatic heterocycles. The Hall–Kier alpha value is -3.07. The highest BCUT2D eigenvalue weighted by atomic mass is 35.5. The van der Waals surface area contributed by atoms with Crippen LogP contribution in [0.15, 0.2) is 66.7 Å². The van der Waals surface area contributed by atoms with Crippen molar-refractivity contribution in [1.29, 1.82) is 0 Å². The number of aryl methyl sites for hydroxylation is 2. The number of nitrogens with one attached hydrogen (secondary N) is 1. The standard InChI is InChI=1S/C33H41Cl2N3O4S/c1-6-25(4)36-33(40)31(20-26-11-8-7-9-12-26)37(22-27-16-17-28(34)21-29(27)35)32(39)13-10-18-38(43(5,41)42)30-19-23(2)14-15-24(30)3/h7-9,11-12,14-17,19,21,25,31H,6,10,13,18,20,22H2,1-5H3,(H,36,40)/t25-,31-/m1/s1. The van der Waals surface area contributed by atoms with Crippen LogP contribution >= 0.6 is 23.2 Å². The number of anilines is 1. The van der Waals surface area contributed by atoms with E-state index < -0.39 is 16.1 Å². The molecule has 43 heavy (non-hydrogen) atoms. The lowest BCUT2D eigenvalue weighted by Crippen LogP contribution is -2.52. The predicted octanol–water partition coefficient (Wildman–Crippen LogP) is 6.71. The number of carbonyl (C=O) groups is 2. The third kappa shape index (κ3) is 9.98. The molecule has 0 fully saturated rings. The number of hydrogen-bond donors (Lipinski definition) is 1. The van der Waals surface area contributed by atoms with Crippen molar-refractivity contribution in [1.82, 2.24) is 10.2 Å². The van der Waals surface area contributed by atoms with E-state index in [9.17, 15) is 18.0 Å². The average molecular weight is 647 g/mol. The fourth-order valence-electron chi connectivity index (χ4n) is 4.80. The molecule has 3 rings (SSSR count). The van der Waals surface area contributed by atoms with E-state index in [2.05, 4.69) is 5.32 Å². The van der Waals surface area contributed by atoms with E-state index in [0.717, 1.165) is 23.1 Å². The molecule has 3 aromatic carbocycles. The number of carbonyl (C=O) groups excluding carboxylic acids is 2. The van der Waals surface area contributed by atoms with Crippen LogP contribution in [0.25, 0.3) is 0 Å². The smallest absolute Gasteiger partial charge is 0.243 e. The van der Waals surface area contributed by atoms with Gasteiger partial charge in [0.25, 0.3) is 0 Å². The molecule has 3 aromatic rings. The van der Waals surface area contributed by atoms with Gasteiger partial charge in [0.15, 0.2) is 0 Å². The lowest BCUT2D eigenvalue weighted by atomic mass is 10.0. The predicted molar refractivity (Wildman–Crippen MR) is 176 cm³/mol. The molecular formula is C33H41Cl2N3O4S. The molecule has 0 heterocycles. The van der Waals surface area contributed by atoms with Crippen LogP contribution < -0.4 is 9.62 Å². The minimum atomic E-state index is -3.61. The minimum absolute atomic E-state index is 0.0317. The zero-order chi connectivity index (χ0) is 31.7. The first-order chi connectivity index (χ1) is 20.3. The van der Waals surface area contributed by atoms with Gasteiger partial charge >= 0.3 is 0 Å². The summed E-state index contributed by atoms with van der Waals surface area (Å²) >= 11 is 12.7. The second-order valence-corrected chi connectivity index (χ2v) is 13.8. The highest BCUT2D eigenvalue weighted by Crippen LogP contribution is 2.27. The van der Waals surface area contributed by atoms with Crippen LogP contribution in [-0.4, -0.2) is 50.0 Å². The molecule has 0 aliphatic heterocycles. The fourth-order valence-corrected chi connectivity index (χ4v) is 6.28. The van der Waals surface area contributed by atoms with E-state index >= 15 is 0 Å². The highest BCUT2D eigenvalue weighted by molar-refractivity contribution is 7.92. The van der Waals surface area contributed by atoms with E-state index in [1.165, 1.54) is 10.6 Å². The van der Waals surface area contributed by atoms with E-state index in [1.54, 1.807) is 23.1 Å². The Balaban J connectivity index is 1.94. The summed E-state index contributed by atoms with van der Waals surface area (Å²) in [6, 6.07) is 19.4. The van der Waals surface area contributed by atoms with Crippen LogP contribution in [0.3, 0.4) is 0 Å². The van der Waals surface area contributed by atoms with Crippen molar-refractivity contribution in [2.45, 2.75) is 72.0 Å². The Morgan fingerprint density at radius 1 is 0.977 bits per heavy atom. The van der Waals surface area contributed by atoms with Gasteiger partial charge in [-0.3, -0.25) is 13.9 Å². The number of hydrogen-bond acceptors (Lipinski definition) is 4. The summed E-state index contributed by atoms with van der Waals surface area (Å²) in [4.78, 5) is 29.3. The minimum Gasteiger partial charge on any atom is -0.352 e. The number of sulfonamides is 1. The molecule has 1 N–H and O–H groups in total. The molecule has 7 nitrogen and oxygen atoms in total. The van der Waals surface area contributed by atoms with Gasteiger partial charge in [0.1, 0.15) is 6.04 Å². The van der Waals surface area contributed by atoms with Crippen molar-refractivity contribution in [3.05, 3.63) is 99.0 Å². The van der Waals surface area contributed by atoms with Crippen molar-refractivity contribution in [2.24, 2.45) is 0 Å². The van der Waals surface area contributed by atoms with Crippen LogP contribution in [0, 0.1) is 13.8 Å². The highest BCUT2D eigenvalue weighted by Gasteiger charge is 2.31. The van der Waals surface area contributed by atoms with Crippen molar-refractivity contribution in [3.63, 3.8) is 0 Å². The van der Waals surface area contributed by atoms with Crippen LogP contribution in [-0.2, 0) is 32.6 Å². The summed E-state index contributed by atoms with van der Waals surface area (Å²) < 4.78 is 26.9. The first-order valence-electron chi connectivity index (χ1n) is 14.4. The van der Waals surface area contributed by atoms with Gasteiger partial charge < -0.3 is 10.2 Å². The molecule has 0 aliphatic rings. The van der Waals surface area contributed by atoms with Gasteiger partial charge in [-0.1, -0.05) is 78.7 Å². The molecule has 0 saturated heterocycles. The lowest BCUT2D eigenvalue weighted by molar-refractivity contribution is -0.141. The van der Waals surface area contributed by atoms with Gasteiger partial charge in [-0.15, -0.1) is 0 Å². The van der Waals surface area contributed by atoms with Gasteiger partial charge in [0, 0.05) is 42.0 Å². The maximum Gasteiger partial charge on any atom is 0.243 e. The molecule has 10 heteroatoms. The normalized spacial score (nSPS) is 12.8. The molecule has 0 spiro atoms. The summed E-state index contributed by atoms with van der Waals surface area (Å²) in [7, 11) is -3.61. The van der Waals surface area contributed by atoms with Gasteiger partial charge in [0.05, 0.1) is 11.9 Å². The first-order valence-corrected chi connectivity index (χ1v) is 17.0. The van der Waals surface area contributed by atoms with Crippen molar-refractivity contribution < 1.29 is 18.0 Å². The SMILES string of the molecule is CC[C@@H](C)NC(=O)[C@@H](Cc1ccccc1)N(Cc1ccc(Cl)cc1Cl)C(=O)CCCN(c1cc(C)ccc1C)S(C)(=O)=O. The Kier molecular flexibility index (Phi) is 12.5. The molecule has 2 amide bonds. The molecule has 0 saturated carbocycles. The molecule has 0 unspecified atom stereocenters. The fraction of sp³-hybridized carbons (Fsp3) is 0.394. The summed E-state index contributed by atoms with van der Waals surface area (Å²) in [6.45, 7) is 7.88. The molecular weight excluding hydrogens is 605 g/mol. The average Bonchev–Trinajstić information content (AvgIpc) is 2.95. The number of nitrogens with zero attached hydrogens (tertiary/aromatic N) is 2. The summed E-state index contributed by atoms with van der Waals surface area (Å²) in [5.74, 6) is -0.537. The second-order valence-electron chi connectivity index (χ2n) is 11.0. The van der Waals surface area contributed by atoms with Crippen LogP contribution in [0.2, 0.25) is 10.0 Å². The Labute approximate surface area is 266 Å². The van der Waals surface area contributed by atoms with Gasteiger partial charge in [-0.25, -0.2) is 8.42 Å². The van der Waals surface area contributed by atoms with Gasteiger partial charge in [-0.2, -0.15) is 0 Å². The Bertz CT molecular complexity index is 1520. The third-order valence-electron chi connectivity index (χ3n) is 7.41. The number of halogens is 2. The molecule has 0 aliphatic carbocycles. The van der Waals surface area contributed by atoms with Crippen molar-refractivity contribution in [2.75, 3.05) is 17.1 Å². The molecule has 2 atom stereocenters. The number of rotatable bonds is 14. The van der Waals surface area contributed by atoms with E-state index in [1.807, 2.05) is 76.2 Å². The zero-order valence-electron chi connectivity index (χ0n) is 25.4. The summed E-state index contributed by atoms with van der Waals surface area (Å²) in [6.07, 6.45) is 2.50. The number of amides is 2. The molecule has 0 bridgehead atoms. The van der Waals surface area contributed by atoms with Crippen molar-refractivity contribution in [3.8, 4) is 0 Å². The maximum absolute atomic E-state index is 14.0. The summed E-state index contributed by atoms with van der Waals surface area (Å²) in [5.41, 5.74) is 3.92. The van der Waals surface area contributed by atoms with E-state index in [4.69, 9.17) is 23.2 Å². The maximum atomic E-state index is 14.0. The van der Waals surface area contributed by atoms with Gasteiger partial charge in [0.2, 0.25) is 21.8 Å². The van der Waals surface area contributed by atoms with E-state index in [-0.39, 0.29) is 43.8 Å². The second kappa shape index (κ2) is 15.6.